The molecule has 2 atom stereocenters. The van der Waals surface area contributed by atoms with Crippen LogP contribution in [0.2, 0.25) is 0 Å². The Morgan fingerprint density at radius 1 is 1.27 bits per heavy atom. The van der Waals surface area contributed by atoms with Crippen molar-refractivity contribution in [1.29, 1.82) is 0 Å². The van der Waals surface area contributed by atoms with Gasteiger partial charge in [-0.05, 0) is 30.5 Å². The zero-order chi connectivity index (χ0) is 15.7. The molecule has 1 heterocycles. The van der Waals surface area contributed by atoms with Gasteiger partial charge in [0, 0.05) is 24.9 Å². The lowest BCUT2D eigenvalue weighted by Gasteiger charge is -2.29. The number of likely N-dealkylation sites (tertiary alicyclic amines) is 1. The second-order valence-electron chi connectivity index (χ2n) is 6.20. The van der Waals surface area contributed by atoms with Crippen LogP contribution < -0.4 is 4.74 Å². The van der Waals surface area contributed by atoms with Crippen molar-refractivity contribution in [3.8, 4) is 5.75 Å². The lowest BCUT2D eigenvalue weighted by Crippen LogP contribution is -2.37. The van der Waals surface area contributed by atoms with Crippen LogP contribution in [0.1, 0.15) is 30.7 Å². The van der Waals surface area contributed by atoms with Crippen molar-refractivity contribution in [2.24, 2.45) is 11.8 Å². The fraction of sp³-hybridized carbons (Fsp3) is 0.529. The van der Waals surface area contributed by atoms with Crippen LogP contribution in [0.25, 0.3) is 0 Å². The first-order chi connectivity index (χ1) is 10.6. The number of nitrogens with zero attached hydrogens (tertiary/aromatic N) is 1. The molecule has 3 rings (SSSR count). The maximum Gasteiger partial charge on any atom is 0.308 e. The Labute approximate surface area is 129 Å². The number of benzene rings is 1. The number of methoxy groups -OCH3 is 1. The van der Waals surface area contributed by atoms with E-state index < -0.39 is 11.9 Å². The highest BCUT2D eigenvalue weighted by atomic mass is 16.5. The van der Waals surface area contributed by atoms with Gasteiger partial charge >= 0.3 is 5.97 Å². The molecule has 1 saturated heterocycles. The van der Waals surface area contributed by atoms with Gasteiger partial charge in [0.05, 0.1) is 13.0 Å². The number of carboxylic acid groups (broad SMARTS) is 1. The topological polar surface area (TPSA) is 66.8 Å². The Morgan fingerprint density at radius 3 is 2.64 bits per heavy atom. The first-order valence-corrected chi connectivity index (χ1v) is 7.75. The van der Waals surface area contributed by atoms with Crippen LogP contribution in [-0.4, -0.2) is 42.1 Å². The molecular weight excluding hydrogens is 282 g/mol. The van der Waals surface area contributed by atoms with Crippen LogP contribution in [0.3, 0.4) is 0 Å². The van der Waals surface area contributed by atoms with Gasteiger partial charge in [-0.25, -0.2) is 0 Å². The van der Waals surface area contributed by atoms with Gasteiger partial charge in [-0.1, -0.05) is 18.6 Å². The van der Waals surface area contributed by atoms with Gasteiger partial charge in [-0.3, -0.25) is 9.59 Å². The molecule has 0 unspecified atom stereocenters. The highest BCUT2D eigenvalue weighted by Crippen LogP contribution is 2.37. The second kappa shape index (κ2) is 5.99. The van der Waals surface area contributed by atoms with Gasteiger partial charge in [-0.2, -0.15) is 0 Å². The summed E-state index contributed by atoms with van der Waals surface area (Å²) in [5.74, 6) is -0.601. The molecule has 2 fully saturated rings. The van der Waals surface area contributed by atoms with Crippen LogP contribution in [-0.2, 0) is 9.59 Å². The van der Waals surface area contributed by atoms with Crippen molar-refractivity contribution in [1.82, 2.24) is 4.90 Å². The number of rotatable bonds is 4. The normalized spacial score (nSPS) is 24.9. The summed E-state index contributed by atoms with van der Waals surface area (Å²) in [5, 5.41) is 9.51. The SMILES string of the molecule is COc1cccc([C@@H]2CN(C(=O)C3CCC3)C[C@H]2C(=O)O)c1. The Hall–Kier alpha value is -2.04. The van der Waals surface area contributed by atoms with E-state index in [1.807, 2.05) is 24.3 Å². The molecule has 118 valence electrons. The molecule has 1 N–H and O–H groups in total. The molecule has 0 radical (unpaired) electrons. The summed E-state index contributed by atoms with van der Waals surface area (Å²) in [6.07, 6.45) is 2.99. The highest BCUT2D eigenvalue weighted by Gasteiger charge is 2.42. The summed E-state index contributed by atoms with van der Waals surface area (Å²) in [5.41, 5.74) is 0.927. The van der Waals surface area contributed by atoms with E-state index in [2.05, 4.69) is 0 Å². The first-order valence-electron chi connectivity index (χ1n) is 7.75. The number of hydrogen-bond acceptors (Lipinski definition) is 3. The van der Waals surface area contributed by atoms with E-state index in [1.54, 1.807) is 12.0 Å². The maximum atomic E-state index is 12.4. The van der Waals surface area contributed by atoms with Gasteiger partial charge < -0.3 is 14.7 Å². The number of aliphatic carboxylic acids is 1. The fourth-order valence-corrected chi connectivity index (χ4v) is 3.36. The molecule has 1 aliphatic carbocycles. The molecule has 1 aromatic carbocycles. The summed E-state index contributed by atoms with van der Waals surface area (Å²) in [4.78, 5) is 25.7. The van der Waals surface area contributed by atoms with Gasteiger partial charge in [0.1, 0.15) is 5.75 Å². The van der Waals surface area contributed by atoms with E-state index in [0.29, 0.717) is 18.8 Å². The minimum Gasteiger partial charge on any atom is -0.497 e. The van der Waals surface area contributed by atoms with Gasteiger partial charge in [0.25, 0.3) is 0 Å². The van der Waals surface area contributed by atoms with Crippen LogP contribution >= 0.6 is 0 Å². The third-order valence-electron chi connectivity index (χ3n) is 4.93. The summed E-state index contributed by atoms with van der Waals surface area (Å²) >= 11 is 0. The third-order valence-corrected chi connectivity index (χ3v) is 4.93. The van der Waals surface area contributed by atoms with Crippen molar-refractivity contribution < 1.29 is 19.4 Å². The van der Waals surface area contributed by atoms with E-state index in [4.69, 9.17) is 4.74 Å². The van der Waals surface area contributed by atoms with Crippen LogP contribution in [0.5, 0.6) is 5.75 Å². The molecule has 1 saturated carbocycles. The lowest BCUT2D eigenvalue weighted by atomic mass is 9.84. The molecule has 0 aromatic heterocycles. The highest BCUT2D eigenvalue weighted by molar-refractivity contribution is 5.82. The van der Waals surface area contributed by atoms with Crippen LogP contribution in [0.15, 0.2) is 24.3 Å². The number of ether oxygens (including phenoxy) is 1. The first kappa shape index (κ1) is 14.9. The molecule has 5 heteroatoms. The predicted octanol–water partition coefficient (Wildman–Crippen LogP) is 2.12. The molecule has 1 aliphatic heterocycles. The molecular formula is C17H21NO4. The number of carboxylic acids is 1. The Kier molecular flexibility index (Phi) is 4.05. The lowest BCUT2D eigenvalue weighted by molar-refractivity contribution is -0.142. The molecule has 5 nitrogen and oxygen atoms in total. The third kappa shape index (κ3) is 2.67. The fourth-order valence-electron chi connectivity index (χ4n) is 3.36. The van der Waals surface area contributed by atoms with E-state index in [1.165, 1.54) is 0 Å². The van der Waals surface area contributed by atoms with Crippen molar-refractivity contribution in [3.05, 3.63) is 29.8 Å². The average Bonchev–Trinajstić information content (AvgIpc) is 2.91. The molecule has 1 amide bonds. The van der Waals surface area contributed by atoms with Crippen molar-refractivity contribution >= 4 is 11.9 Å². The quantitative estimate of drug-likeness (QED) is 0.925. The zero-order valence-corrected chi connectivity index (χ0v) is 12.7. The smallest absolute Gasteiger partial charge is 0.308 e. The summed E-state index contributed by atoms with van der Waals surface area (Å²) in [6.45, 7) is 0.798. The minimum atomic E-state index is -0.836. The van der Waals surface area contributed by atoms with Crippen molar-refractivity contribution in [2.75, 3.05) is 20.2 Å². The minimum absolute atomic E-state index is 0.110. The summed E-state index contributed by atoms with van der Waals surface area (Å²) < 4.78 is 5.22. The monoisotopic (exact) mass is 303 g/mol. The molecule has 0 spiro atoms. The number of carbonyl (C=O) groups is 2. The van der Waals surface area contributed by atoms with Crippen molar-refractivity contribution in [2.45, 2.75) is 25.2 Å². The maximum absolute atomic E-state index is 12.4. The molecule has 2 aliphatic rings. The Balaban J connectivity index is 1.81. The predicted molar refractivity (Wildman–Crippen MR) is 80.8 cm³/mol. The number of amides is 1. The van der Waals surface area contributed by atoms with E-state index in [-0.39, 0.29) is 17.7 Å². The Morgan fingerprint density at radius 2 is 2.05 bits per heavy atom. The van der Waals surface area contributed by atoms with Crippen molar-refractivity contribution in [3.63, 3.8) is 0 Å². The Bertz CT molecular complexity index is 582. The summed E-state index contributed by atoms with van der Waals surface area (Å²) in [6, 6.07) is 7.49. The van der Waals surface area contributed by atoms with Gasteiger partial charge in [-0.15, -0.1) is 0 Å². The molecule has 1 aromatic rings. The van der Waals surface area contributed by atoms with Crippen LogP contribution in [0, 0.1) is 11.8 Å². The van der Waals surface area contributed by atoms with E-state index in [0.717, 1.165) is 24.8 Å². The van der Waals surface area contributed by atoms with E-state index in [9.17, 15) is 14.7 Å². The molecule has 22 heavy (non-hydrogen) atoms. The number of carbonyl (C=O) groups excluding carboxylic acids is 1. The molecule has 0 bridgehead atoms. The second-order valence-corrected chi connectivity index (χ2v) is 6.20. The van der Waals surface area contributed by atoms with E-state index >= 15 is 0 Å². The number of hydrogen-bond donors (Lipinski definition) is 1. The van der Waals surface area contributed by atoms with Crippen LogP contribution in [0.4, 0.5) is 0 Å². The van der Waals surface area contributed by atoms with Gasteiger partial charge in [0.15, 0.2) is 0 Å². The zero-order valence-electron chi connectivity index (χ0n) is 12.7. The summed E-state index contributed by atoms with van der Waals surface area (Å²) in [7, 11) is 1.59. The largest absolute Gasteiger partial charge is 0.497 e. The van der Waals surface area contributed by atoms with Gasteiger partial charge in [0.2, 0.25) is 5.91 Å². The standard InChI is InChI=1S/C17H21NO4/c1-22-13-7-3-6-12(8-13)14-9-18(10-15(14)17(20)21)16(19)11-4-2-5-11/h3,6-8,11,14-15H,2,4-5,9-10H2,1H3,(H,20,21)/t14-,15+/m0/s1. The average molecular weight is 303 g/mol.